The van der Waals surface area contributed by atoms with E-state index in [9.17, 15) is 4.79 Å². The van der Waals surface area contributed by atoms with Crippen molar-refractivity contribution in [2.24, 2.45) is 0 Å². The Labute approximate surface area is 119 Å². The lowest BCUT2D eigenvalue weighted by Gasteiger charge is -2.28. The van der Waals surface area contributed by atoms with Crippen molar-refractivity contribution in [2.45, 2.75) is 44.2 Å². The van der Waals surface area contributed by atoms with E-state index in [-0.39, 0.29) is 18.1 Å². The topological polar surface area (TPSA) is 50.4 Å². The Morgan fingerprint density at radius 2 is 2.30 bits per heavy atom. The summed E-state index contributed by atoms with van der Waals surface area (Å²) in [5.74, 6) is 0.455. The van der Waals surface area contributed by atoms with Crippen molar-refractivity contribution in [3.63, 3.8) is 0 Å². The third-order valence-corrected chi connectivity index (χ3v) is 4.22. The molecule has 1 aromatic rings. The number of ether oxygens (including phenoxy) is 1. The van der Waals surface area contributed by atoms with Crippen LogP contribution in [0.3, 0.4) is 0 Å². The molecule has 0 spiro atoms. The number of nitrogens with one attached hydrogen (secondary N) is 2. The molecule has 3 atom stereocenters. The predicted octanol–water partition coefficient (Wildman–Crippen LogP) is 2.27. The quantitative estimate of drug-likeness (QED) is 0.889. The van der Waals surface area contributed by atoms with E-state index in [0.717, 1.165) is 26.0 Å². The number of amides is 1. The highest BCUT2D eigenvalue weighted by atomic mass is 16.5. The molecule has 0 bridgehead atoms. The van der Waals surface area contributed by atoms with Crippen molar-refractivity contribution < 1.29 is 9.53 Å². The maximum Gasteiger partial charge on any atom is 0.220 e. The van der Waals surface area contributed by atoms with Crippen molar-refractivity contribution in [3.05, 3.63) is 29.8 Å². The van der Waals surface area contributed by atoms with Gasteiger partial charge in [-0.25, -0.2) is 0 Å². The van der Waals surface area contributed by atoms with Crippen LogP contribution in [0.25, 0.3) is 0 Å². The first-order chi connectivity index (χ1) is 9.72. The molecule has 2 aliphatic rings. The molecule has 2 heterocycles. The number of hydrogen-bond donors (Lipinski definition) is 2. The molecule has 1 aromatic carbocycles. The normalized spacial score (nSPS) is 28.6. The molecule has 0 radical (unpaired) electrons. The summed E-state index contributed by atoms with van der Waals surface area (Å²) in [7, 11) is 0. The molecule has 108 valence electrons. The molecule has 1 amide bonds. The van der Waals surface area contributed by atoms with Gasteiger partial charge in [0, 0.05) is 37.2 Å². The van der Waals surface area contributed by atoms with Gasteiger partial charge in [-0.2, -0.15) is 0 Å². The number of carbonyl (C=O) groups is 1. The zero-order chi connectivity index (χ0) is 13.9. The smallest absolute Gasteiger partial charge is 0.220 e. The van der Waals surface area contributed by atoms with Crippen LogP contribution in [-0.4, -0.2) is 31.2 Å². The zero-order valence-corrected chi connectivity index (χ0v) is 11.9. The van der Waals surface area contributed by atoms with Crippen LogP contribution < -0.4 is 10.6 Å². The molecule has 20 heavy (non-hydrogen) atoms. The molecular formula is C16H22N2O2. The highest BCUT2D eigenvalue weighted by molar-refractivity contribution is 5.78. The number of anilines is 1. The number of rotatable bonds is 3. The van der Waals surface area contributed by atoms with Gasteiger partial charge in [-0.3, -0.25) is 4.79 Å². The van der Waals surface area contributed by atoms with E-state index in [1.54, 1.807) is 0 Å². The molecule has 0 aromatic heterocycles. The Balaban J connectivity index is 1.55. The van der Waals surface area contributed by atoms with Gasteiger partial charge in [0.1, 0.15) is 0 Å². The Hall–Kier alpha value is -1.55. The largest absolute Gasteiger partial charge is 0.384 e. The minimum absolute atomic E-state index is 0.160. The Morgan fingerprint density at radius 3 is 3.15 bits per heavy atom. The summed E-state index contributed by atoms with van der Waals surface area (Å²) in [6.45, 7) is 3.67. The standard InChI is InChI=1S/C16H22N2O2/c1-11-8-13(6-7-20-11)18-16(19)9-12-10-17-15-5-3-2-4-14(12)15/h2-5,11-13,17H,6-10H2,1H3,(H,18,19). The average molecular weight is 274 g/mol. The molecule has 3 rings (SSSR count). The molecular weight excluding hydrogens is 252 g/mol. The first kappa shape index (κ1) is 13.4. The third kappa shape index (κ3) is 2.96. The summed E-state index contributed by atoms with van der Waals surface area (Å²) in [4.78, 5) is 12.2. The van der Waals surface area contributed by atoms with Crippen molar-refractivity contribution in [1.82, 2.24) is 5.32 Å². The van der Waals surface area contributed by atoms with Gasteiger partial charge >= 0.3 is 0 Å². The van der Waals surface area contributed by atoms with E-state index in [1.807, 2.05) is 12.1 Å². The van der Waals surface area contributed by atoms with E-state index >= 15 is 0 Å². The van der Waals surface area contributed by atoms with Gasteiger partial charge in [0.15, 0.2) is 0 Å². The number of para-hydroxylation sites is 1. The van der Waals surface area contributed by atoms with Crippen LogP contribution in [0.1, 0.15) is 37.7 Å². The van der Waals surface area contributed by atoms with Crippen LogP contribution in [0.4, 0.5) is 5.69 Å². The van der Waals surface area contributed by atoms with Crippen molar-refractivity contribution in [2.75, 3.05) is 18.5 Å². The summed E-state index contributed by atoms with van der Waals surface area (Å²) in [6, 6.07) is 8.53. The van der Waals surface area contributed by atoms with E-state index in [2.05, 4.69) is 29.7 Å². The second-order valence-corrected chi connectivity index (χ2v) is 5.84. The molecule has 2 aliphatic heterocycles. The zero-order valence-electron chi connectivity index (χ0n) is 11.9. The van der Waals surface area contributed by atoms with Gasteiger partial charge in [-0.1, -0.05) is 18.2 Å². The summed E-state index contributed by atoms with van der Waals surface area (Å²) in [5.41, 5.74) is 2.44. The lowest BCUT2D eigenvalue weighted by atomic mass is 9.97. The van der Waals surface area contributed by atoms with Gasteiger partial charge in [-0.15, -0.1) is 0 Å². The van der Waals surface area contributed by atoms with Gasteiger partial charge in [0.2, 0.25) is 5.91 Å². The molecule has 2 N–H and O–H groups in total. The molecule has 4 heteroatoms. The number of hydrogen-bond acceptors (Lipinski definition) is 3. The minimum Gasteiger partial charge on any atom is -0.384 e. The fourth-order valence-corrected chi connectivity index (χ4v) is 3.18. The summed E-state index contributed by atoms with van der Waals surface area (Å²) in [6.07, 6.45) is 2.67. The fourth-order valence-electron chi connectivity index (χ4n) is 3.18. The van der Waals surface area contributed by atoms with Gasteiger partial charge in [0.05, 0.1) is 6.10 Å². The second kappa shape index (κ2) is 5.83. The van der Waals surface area contributed by atoms with Gasteiger partial charge in [-0.05, 0) is 31.4 Å². The van der Waals surface area contributed by atoms with Crippen LogP contribution in [0.5, 0.6) is 0 Å². The SMILES string of the molecule is CC1CC(NC(=O)CC2CNc3ccccc32)CCO1. The fraction of sp³-hybridized carbons (Fsp3) is 0.562. The van der Waals surface area contributed by atoms with Crippen LogP contribution >= 0.6 is 0 Å². The van der Waals surface area contributed by atoms with Crippen molar-refractivity contribution >= 4 is 11.6 Å². The molecule has 1 fully saturated rings. The highest BCUT2D eigenvalue weighted by Crippen LogP contribution is 2.33. The Morgan fingerprint density at radius 1 is 1.45 bits per heavy atom. The summed E-state index contributed by atoms with van der Waals surface area (Å²) in [5, 5.41) is 6.53. The van der Waals surface area contributed by atoms with E-state index in [0.29, 0.717) is 12.3 Å². The van der Waals surface area contributed by atoms with E-state index in [1.165, 1.54) is 11.3 Å². The van der Waals surface area contributed by atoms with Crippen LogP contribution in [-0.2, 0) is 9.53 Å². The van der Waals surface area contributed by atoms with Crippen LogP contribution in [0.15, 0.2) is 24.3 Å². The number of carbonyl (C=O) groups excluding carboxylic acids is 1. The number of benzene rings is 1. The van der Waals surface area contributed by atoms with Gasteiger partial charge in [0.25, 0.3) is 0 Å². The monoisotopic (exact) mass is 274 g/mol. The molecule has 0 aliphatic carbocycles. The lowest BCUT2D eigenvalue weighted by Crippen LogP contribution is -2.41. The first-order valence-electron chi connectivity index (χ1n) is 7.46. The highest BCUT2D eigenvalue weighted by Gasteiger charge is 2.26. The second-order valence-electron chi connectivity index (χ2n) is 5.84. The maximum atomic E-state index is 12.2. The van der Waals surface area contributed by atoms with Crippen molar-refractivity contribution in [3.8, 4) is 0 Å². The van der Waals surface area contributed by atoms with Crippen LogP contribution in [0, 0.1) is 0 Å². The van der Waals surface area contributed by atoms with E-state index in [4.69, 9.17) is 4.74 Å². The van der Waals surface area contributed by atoms with Crippen molar-refractivity contribution in [1.29, 1.82) is 0 Å². The van der Waals surface area contributed by atoms with Crippen LogP contribution in [0.2, 0.25) is 0 Å². The predicted molar refractivity (Wildman–Crippen MR) is 78.9 cm³/mol. The van der Waals surface area contributed by atoms with Gasteiger partial charge < -0.3 is 15.4 Å². The Kier molecular flexibility index (Phi) is 3.92. The summed E-state index contributed by atoms with van der Waals surface area (Å²) < 4.78 is 5.51. The minimum atomic E-state index is 0.160. The maximum absolute atomic E-state index is 12.2. The Bertz CT molecular complexity index is 489. The molecule has 1 saturated heterocycles. The third-order valence-electron chi connectivity index (χ3n) is 4.22. The first-order valence-corrected chi connectivity index (χ1v) is 7.46. The van der Waals surface area contributed by atoms with E-state index < -0.39 is 0 Å². The average Bonchev–Trinajstić information content (AvgIpc) is 2.82. The molecule has 4 nitrogen and oxygen atoms in total. The molecule has 0 saturated carbocycles. The summed E-state index contributed by atoms with van der Waals surface area (Å²) >= 11 is 0. The number of fused-ring (bicyclic) bond motifs is 1. The molecule has 3 unspecified atom stereocenters. The lowest BCUT2D eigenvalue weighted by molar-refractivity contribution is -0.123.